The van der Waals surface area contributed by atoms with Crippen molar-refractivity contribution in [3.63, 3.8) is 0 Å². The Morgan fingerprint density at radius 2 is 1.88 bits per heavy atom. The van der Waals surface area contributed by atoms with Gasteiger partial charge in [-0.05, 0) is 39.5 Å². The van der Waals surface area contributed by atoms with E-state index in [0.29, 0.717) is 6.10 Å². The average Bonchev–Trinajstić information content (AvgIpc) is 2.82. The zero-order valence-electron chi connectivity index (χ0n) is 16.1. The molecule has 0 aromatic carbocycles. The molecule has 1 aromatic rings. The van der Waals surface area contributed by atoms with Crippen molar-refractivity contribution < 1.29 is 9.26 Å². The van der Waals surface area contributed by atoms with Crippen LogP contribution in [0.1, 0.15) is 62.0 Å². The van der Waals surface area contributed by atoms with Crippen molar-refractivity contribution in [2.24, 2.45) is 4.99 Å². The molecule has 0 aliphatic heterocycles. The van der Waals surface area contributed by atoms with Crippen molar-refractivity contribution in [3.8, 4) is 0 Å². The first-order chi connectivity index (χ1) is 12.2. The highest BCUT2D eigenvalue weighted by atomic mass is 16.5. The van der Waals surface area contributed by atoms with Crippen LogP contribution in [0.5, 0.6) is 0 Å². The van der Waals surface area contributed by atoms with Gasteiger partial charge in [0, 0.05) is 25.7 Å². The Balaban J connectivity index is 1.56. The van der Waals surface area contributed by atoms with Crippen molar-refractivity contribution in [1.82, 2.24) is 15.8 Å². The Kier molecular flexibility index (Phi) is 8.80. The van der Waals surface area contributed by atoms with Crippen LogP contribution in [0.25, 0.3) is 0 Å². The topological polar surface area (TPSA) is 71.7 Å². The summed E-state index contributed by atoms with van der Waals surface area (Å²) in [5.74, 6) is 1.76. The molecular formula is C19H34N4O2. The molecule has 0 unspecified atom stereocenters. The number of aromatic nitrogens is 1. The van der Waals surface area contributed by atoms with Gasteiger partial charge in [0.2, 0.25) is 0 Å². The lowest BCUT2D eigenvalue weighted by Crippen LogP contribution is -2.39. The van der Waals surface area contributed by atoms with Gasteiger partial charge in [0.05, 0.1) is 18.4 Å². The van der Waals surface area contributed by atoms with Gasteiger partial charge in [-0.1, -0.05) is 30.8 Å². The van der Waals surface area contributed by atoms with Crippen molar-refractivity contribution >= 4 is 5.96 Å². The fraction of sp³-hybridized carbons (Fsp3) is 0.789. The van der Waals surface area contributed by atoms with E-state index >= 15 is 0 Å². The fourth-order valence-corrected chi connectivity index (χ4v) is 3.35. The smallest absolute Gasteiger partial charge is 0.191 e. The van der Waals surface area contributed by atoms with Gasteiger partial charge in [0.1, 0.15) is 5.76 Å². The van der Waals surface area contributed by atoms with Gasteiger partial charge in [-0.25, -0.2) is 0 Å². The van der Waals surface area contributed by atoms with E-state index in [0.717, 1.165) is 50.0 Å². The molecular weight excluding hydrogens is 316 g/mol. The molecule has 25 heavy (non-hydrogen) atoms. The molecule has 0 bridgehead atoms. The first-order valence-electron chi connectivity index (χ1n) is 9.68. The van der Waals surface area contributed by atoms with Crippen molar-refractivity contribution in [2.45, 2.75) is 71.3 Å². The summed E-state index contributed by atoms with van der Waals surface area (Å²) < 4.78 is 11.2. The molecule has 1 aliphatic carbocycles. The predicted molar refractivity (Wildman–Crippen MR) is 101 cm³/mol. The molecule has 0 radical (unpaired) electrons. The maximum absolute atomic E-state index is 6.00. The second kappa shape index (κ2) is 11.1. The number of rotatable bonds is 8. The summed E-state index contributed by atoms with van der Waals surface area (Å²) in [5, 5.41) is 10.7. The maximum atomic E-state index is 6.00. The van der Waals surface area contributed by atoms with Gasteiger partial charge in [-0.3, -0.25) is 4.99 Å². The van der Waals surface area contributed by atoms with Gasteiger partial charge in [0.25, 0.3) is 0 Å². The normalized spacial score (nSPS) is 16.7. The van der Waals surface area contributed by atoms with E-state index in [1.165, 1.54) is 44.1 Å². The monoisotopic (exact) mass is 350 g/mol. The molecule has 6 nitrogen and oxygen atoms in total. The lowest BCUT2D eigenvalue weighted by Gasteiger charge is -2.16. The highest BCUT2D eigenvalue weighted by Crippen LogP contribution is 2.19. The van der Waals surface area contributed by atoms with E-state index in [1.54, 1.807) is 7.05 Å². The molecule has 142 valence electrons. The molecule has 2 N–H and O–H groups in total. The molecule has 0 saturated heterocycles. The highest BCUT2D eigenvalue weighted by molar-refractivity contribution is 5.79. The highest BCUT2D eigenvalue weighted by Gasteiger charge is 2.12. The summed E-state index contributed by atoms with van der Waals surface area (Å²) in [6.07, 6.45) is 10.2. The number of hydrogen-bond acceptors (Lipinski definition) is 4. The first-order valence-corrected chi connectivity index (χ1v) is 9.68. The van der Waals surface area contributed by atoms with Crippen LogP contribution in [0.3, 0.4) is 0 Å². The average molecular weight is 351 g/mol. The zero-order chi connectivity index (χ0) is 17.9. The Bertz CT molecular complexity index is 500. The third-order valence-electron chi connectivity index (χ3n) is 4.85. The number of hydrogen-bond donors (Lipinski definition) is 2. The molecule has 1 fully saturated rings. The van der Waals surface area contributed by atoms with Gasteiger partial charge < -0.3 is 19.9 Å². The van der Waals surface area contributed by atoms with Crippen LogP contribution < -0.4 is 10.6 Å². The lowest BCUT2D eigenvalue weighted by atomic mass is 10.1. The minimum Gasteiger partial charge on any atom is -0.376 e. The van der Waals surface area contributed by atoms with Crippen LogP contribution >= 0.6 is 0 Å². The molecule has 1 aliphatic rings. The summed E-state index contributed by atoms with van der Waals surface area (Å²) in [6, 6.07) is 0. The summed E-state index contributed by atoms with van der Waals surface area (Å²) >= 11 is 0. The number of nitrogens with zero attached hydrogens (tertiary/aromatic N) is 2. The molecule has 1 aromatic heterocycles. The van der Waals surface area contributed by atoms with Crippen molar-refractivity contribution in [2.75, 3.05) is 26.7 Å². The van der Waals surface area contributed by atoms with Crippen LogP contribution in [0, 0.1) is 13.8 Å². The van der Waals surface area contributed by atoms with Crippen LogP contribution in [0.4, 0.5) is 0 Å². The molecule has 2 rings (SSSR count). The van der Waals surface area contributed by atoms with E-state index in [4.69, 9.17) is 9.26 Å². The summed E-state index contributed by atoms with van der Waals surface area (Å²) in [6.45, 7) is 6.36. The predicted octanol–water partition coefficient (Wildman–Crippen LogP) is 3.13. The van der Waals surface area contributed by atoms with Crippen LogP contribution in [-0.4, -0.2) is 44.0 Å². The minimum atomic E-state index is 0.453. The molecule has 0 amide bonds. The second-order valence-corrected chi connectivity index (χ2v) is 6.82. The summed E-state index contributed by atoms with van der Waals surface area (Å²) in [4.78, 5) is 4.27. The second-order valence-electron chi connectivity index (χ2n) is 6.82. The Labute approximate surface area is 151 Å². The summed E-state index contributed by atoms with van der Waals surface area (Å²) in [5.41, 5.74) is 2.22. The third kappa shape index (κ3) is 7.06. The maximum Gasteiger partial charge on any atom is 0.191 e. The number of aryl methyl sites for hydroxylation is 2. The number of ether oxygens (including phenoxy) is 1. The van der Waals surface area contributed by atoms with E-state index in [1.807, 2.05) is 13.8 Å². The molecule has 6 heteroatoms. The zero-order valence-corrected chi connectivity index (χ0v) is 16.1. The largest absolute Gasteiger partial charge is 0.376 e. The number of nitrogens with one attached hydrogen (secondary N) is 2. The van der Waals surface area contributed by atoms with E-state index in [9.17, 15) is 0 Å². The van der Waals surface area contributed by atoms with Crippen LogP contribution in [0.15, 0.2) is 9.52 Å². The molecule has 0 spiro atoms. The Morgan fingerprint density at radius 1 is 1.16 bits per heavy atom. The van der Waals surface area contributed by atoms with Crippen molar-refractivity contribution in [3.05, 3.63) is 17.0 Å². The first kappa shape index (κ1) is 19.8. The van der Waals surface area contributed by atoms with Crippen LogP contribution in [-0.2, 0) is 11.2 Å². The SMILES string of the molecule is CN=C(NCCCc1c(C)noc1C)NCCOC1CCCCCC1. The Hall–Kier alpha value is -1.56. The van der Waals surface area contributed by atoms with Gasteiger partial charge in [-0.2, -0.15) is 0 Å². The van der Waals surface area contributed by atoms with Crippen molar-refractivity contribution in [1.29, 1.82) is 0 Å². The summed E-state index contributed by atoms with van der Waals surface area (Å²) in [7, 11) is 1.80. The van der Waals surface area contributed by atoms with Crippen LogP contribution in [0.2, 0.25) is 0 Å². The molecule has 1 heterocycles. The molecule has 1 saturated carbocycles. The lowest BCUT2D eigenvalue weighted by molar-refractivity contribution is 0.0468. The van der Waals surface area contributed by atoms with Gasteiger partial charge in [0.15, 0.2) is 5.96 Å². The van der Waals surface area contributed by atoms with E-state index in [2.05, 4.69) is 20.8 Å². The molecule has 0 atom stereocenters. The third-order valence-corrected chi connectivity index (χ3v) is 4.85. The minimum absolute atomic E-state index is 0.453. The fourth-order valence-electron chi connectivity index (χ4n) is 3.35. The quantitative estimate of drug-likeness (QED) is 0.326. The Morgan fingerprint density at radius 3 is 2.52 bits per heavy atom. The number of aliphatic imine (C=N–C) groups is 1. The van der Waals surface area contributed by atoms with Gasteiger partial charge >= 0.3 is 0 Å². The number of guanidine groups is 1. The van der Waals surface area contributed by atoms with E-state index in [-0.39, 0.29) is 0 Å². The standard InChI is InChI=1S/C19H34N4O2/c1-15-18(16(2)25-23-15)11-8-12-21-19(20-3)22-13-14-24-17-9-6-4-5-7-10-17/h17H,4-14H2,1-3H3,(H2,20,21,22). The van der Waals surface area contributed by atoms with Gasteiger partial charge in [-0.15, -0.1) is 0 Å². The van der Waals surface area contributed by atoms with E-state index < -0.39 is 0 Å².